The first kappa shape index (κ1) is 25.9. The number of ether oxygens (including phenoxy) is 1. The molecule has 2 aromatic carbocycles. The highest BCUT2D eigenvalue weighted by molar-refractivity contribution is 6.31. The molecule has 0 atom stereocenters. The molecule has 194 valence electrons. The number of amides is 2. The number of benzene rings is 2. The summed E-state index contributed by atoms with van der Waals surface area (Å²) in [6.07, 6.45) is 0. The van der Waals surface area contributed by atoms with Crippen LogP contribution in [-0.4, -0.2) is 54.1 Å². The number of methoxy groups -OCH3 is 1. The summed E-state index contributed by atoms with van der Waals surface area (Å²) >= 11 is 6.08. The number of hydrazone groups is 2. The van der Waals surface area contributed by atoms with Gasteiger partial charge in [-0.05, 0) is 41.4 Å². The van der Waals surface area contributed by atoms with Gasteiger partial charge in [-0.25, -0.2) is 24.1 Å². The van der Waals surface area contributed by atoms with Crippen LogP contribution in [0.4, 0.5) is 13.6 Å². The Morgan fingerprint density at radius 3 is 2.70 bits per heavy atom. The van der Waals surface area contributed by atoms with Gasteiger partial charge in [-0.15, -0.1) is 10.2 Å². The van der Waals surface area contributed by atoms with Crippen molar-refractivity contribution in [3.05, 3.63) is 69.9 Å². The van der Waals surface area contributed by atoms with Crippen LogP contribution in [-0.2, 0) is 6.54 Å². The zero-order valence-corrected chi connectivity index (χ0v) is 21.0. The summed E-state index contributed by atoms with van der Waals surface area (Å²) in [5.41, 5.74) is 6.94. The molecule has 1 aliphatic heterocycles. The fraction of sp³-hybridized carbons (Fsp3) is 0.217. The molecule has 11 nitrogen and oxygen atoms in total. The Bertz CT molecular complexity index is 1390. The van der Waals surface area contributed by atoms with E-state index in [1.165, 1.54) is 43.5 Å². The van der Waals surface area contributed by atoms with Crippen LogP contribution in [0, 0.1) is 11.6 Å². The summed E-state index contributed by atoms with van der Waals surface area (Å²) in [6, 6.07) is 7.98. The molecule has 0 spiro atoms. The van der Waals surface area contributed by atoms with Gasteiger partial charge in [0, 0.05) is 31.2 Å². The number of nitrogens with one attached hydrogen (secondary N) is 3. The summed E-state index contributed by atoms with van der Waals surface area (Å²) in [5.74, 6) is -0.399. The first-order valence-electron chi connectivity index (χ1n) is 10.9. The lowest BCUT2D eigenvalue weighted by Gasteiger charge is -2.15. The normalized spacial score (nSPS) is 13.6. The van der Waals surface area contributed by atoms with Crippen molar-refractivity contribution in [2.45, 2.75) is 13.5 Å². The first-order chi connectivity index (χ1) is 17.7. The largest absolute Gasteiger partial charge is 0.479 e. The smallest absolute Gasteiger partial charge is 0.337 e. The van der Waals surface area contributed by atoms with Gasteiger partial charge >= 0.3 is 6.03 Å². The van der Waals surface area contributed by atoms with Crippen LogP contribution in [0.15, 0.2) is 51.1 Å². The Kier molecular flexibility index (Phi) is 7.55. The van der Waals surface area contributed by atoms with Crippen LogP contribution >= 0.6 is 11.6 Å². The number of urea groups is 1. The third kappa shape index (κ3) is 5.78. The van der Waals surface area contributed by atoms with Gasteiger partial charge in [0.05, 0.1) is 18.7 Å². The molecule has 0 unspecified atom stereocenters. The summed E-state index contributed by atoms with van der Waals surface area (Å²) in [5, 5.41) is 17.1. The van der Waals surface area contributed by atoms with Gasteiger partial charge in [0.25, 0.3) is 5.88 Å². The van der Waals surface area contributed by atoms with E-state index in [2.05, 4.69) is 31.6 Å². The summed E-state index contributed by atoms with van der Waals surface area (Å²) < 4.78 is 39.9. The molecular formula is C23H23ClF2N8O3. The van der Waals surface area contributed by atoms with Crippen molar-refractivity contribution in [2.75, 3.05) is 21.2 Å². The van der Waals surface area contributed by atoms with Gasteiger partial charge < -0.3 is 14.6 Å². The number of halogens is 3. The molecule has 1 aromatic heterocycles. The third-order valence-corrected chi connectivity index (χ3v) is 5.54. The van der Waals surface area contributed by atoms with Crippen molar-refractivity contribution >= 4 is 29.2 Å². The highest BCUT2D eigenvalue weighted by atomic mass is 35.5. The van der Waals surface area contributed by atoms with E-state index in [9.17, 15) is 9.18 Å². The summed E-state index contributed by atoms with van der Waals surface area (Å²) in [4.78, 5) is 12.5. The molecule has 4 rings (SSSR count). The van der Waals surface area contributed by atoms with Crippen molar-refractivity contribution in [3.8, 4) is 17.0 Å². The molecule has 2 heterocycles. The minimum Gasteiger partial charge on any atom is -0.479 e. The van der Waals surface area contributed by atoms with E-state index in [1.807, 2.05) is 0 Å². The number of amidine groups is 1. The fourth-order valence-electron chi connectivity index (χ4n) is 3.48. The number of nitrogens with zero attached hydrogens (tertiary/aromatic N) is 5. The van der Waals surface area contributed by atoms with E-state index in [-0.39, 0.29) is 34.4 Å². The van der Waals surface area contributed by atoms with Crippen LogP contribution < -0.4 is 21.0 Å². The van der Waals surface area contributed by atoms with Gasteiger partial charge in [0.1, 0.15) is 17.3 Å². The van der Waals surface area contributed by atoms with Crippen LogP contribution in [0.1, 0.15) is 23.8 Å². The molecule has 37 heavy (non-hydrogen) atoms. The maximum atomic E-state index is 15.0. The van der Waals surface area contributed by atoms with E-state index >= 15 is 4.39 Å². The molecule has 0 saturated heterocycles. The van der Waals surface area contributed by atoms with Crippen molar-refractivity contribution in [1.82, 2.24) is 31.6 Å². The fourth-order valence-corrected chi connectivity index (χ4v) is 3.68. The number of hydrogen-bond donors (Lipinski definition) is 3. The van der Waals surface area contributed by atoms with E-state index in [0.717, 1.165) is 11.1 Å². The van der Waals surface area contributed by atoms with Gasteiger partial charge in [0.2, 0.25) is 0 Å². The molecular weight excluding hydrogens is 510 g/mol. The Labute approximate surface area is 215 Å². The molecule has 0 aliphatic carbocycles. The number of carbonyl (C=O) groups is 1. The lowest BCUT2D eigenvalue weighted by Crippen LogP contribution is -2.38. The zero-order chi connectivity index (χ0) is 26.7. The second-order valence-corrected chi connectivity index (χ2v) is 8.39. The number of hydrogen-bond acceptors (Lipinski definition) is 9. The molecule has 3 N–H and O–H groups in total. The van der Waals surface area contributed by atoms with Crippen LogP contribution in [0.25, 0.3) is 11.1 Å². The minimum atomic E-state index is -0.620. The standard InChI is InChI=1S/C23H23ClF2N8O3/c1-12(19-10-20(36-4)31-37-19)29-33(2)23(35)27-11-14-6-5-13(7-17(14)25)16-8-15(24)9-18(26)21(16)22-28-32-34(3)30-22/h5-10,32H,11H2,1-4H3,(H,27,35)(H,28,30)/b29-12-. The molecule has 3 aromatic rings. The van der Waals surface area contributed by atoms with E-state index in [0.29, 0.717) is 22.6 Å². The lowest BCUT2D eigenvalue weighted by molar-refractivity contribution is 0.210. The van der Waals surface area contributed by atoms with Gasteiger partial charge in [-0.3, -0.25) is 5.43 Å². The molecule has 14 heteroatoms. The molecule has 0 bridgehead atoms. The van der Waals surface area contributed by atoms with Crippen molar-refractivity contribution in [3.63, 3.8) is 0 Å². The first-order valence-corrected chi connectivity index (χ1v) is 11.2. The summed E-state index contributed by atoms with van der Waals surface area (Å²) in [7, 11) is 4.54. The zero-order valence-electron chi connectivity index (χ0n) is 20.3. The Morgan fingerprint density at radius 1 is 1.27 bits per heavy atom. The second-order valence-electron chi connectivity index (χ2n) is 7.95. The van der Waals surface area contributed by atoms with Crippen LogP contribution in [0.5, 0.6) is 5.88 Å². The summed E-state index contributed by atoms with van der Waals surface area (Å²) in [6.45, 7) is 1.52. The molecule has 0 fully saturated rings. The minimum absolute atomic E-state index is 0.111. The van der Waals surface area contributed by atoms with Crippen molar-refractivity contribution in [1.29, 1.82) is 0 Å². The number of rotatable bonds is 7. The average molecular weight is 533 g/mol. The number of hydrazine groups is 2. The maximum Gasteiger partial charge on any atom is 0.337 e. The second kappa shape index (κ2) is 10.8. The predicted molar refractivity (Wildman–Crippen MR) is 133 cm³/mol. The van der Waals surface area contributed by atoms with Crippen LogP contribution in [0.3, 0.4) is 0 Å². The van der Waals surface area contributed by atoms with E-state index < -0.39 is 17.7 Å². The number of carbonyl (C=O) groups excluding carboxylic acids is 1. The average Bonchev–Trinajstić information content (AvgIpc) is 3.51. The quantitative estimate of drug-likeness (QED) is 0.315. The predicted octanol–water partition coefficient (Wildman–Crippen LogP) is 3.46. The Hall–Kier alpha value is -4.23. The highest BCUT2D eigenvalue weighted by Crippen LogP contribution is 2.31. The monoisotopic (exact) mass is 532 g/mol. The molecule has 0 radical (unpaired) electrons. The van der Waals surface area contributed by atoms with Crippen molar-refractivity contribution < 1.29 is 22.8 Å². The lowest BCUT2D eigenvalue weighted by atomic mass is 9.97. The SMILES string of the molecule is COc1cc(/C(C)=N\N(C)C(=O)NCc2ccc(-c3cc(Cl)cc(F)c3C3=NNN(C)N3)cc2F)on1. The van der Waals surface area contributed by atoms with Gasteiger partial charge in [-0.2, -0.15) is 5.10 Å². The molecule has 2 amide bonds. The maximum absolute atomic E-state index is 15.0. The topological polar surface area (TPSA) is 120 Å². The Balaban J connectivity index is 1.48. The number of aromatic nitrogens is 1. The Morgan fingerprint density at radius 2 is 2.05 bits per heavy atom. The third-order valence-electron chi connectivity index (χ3n) is 5.32. The van der Waals surface area contributed by atoms with E-state index in [4.69, 9.17) is 20.9 Å². The molecule has 1 aliphatic rings. The van der Waals surface area contributed by atoms with Gasteiger partial charge in [-0.1, -0.05) is 23.7 Å². The van der Waals surface area contributed by atoms with Gasteiger partial charge in [0.15, 0.2) is 11.6 Å². The highest BCUT2D eigenvalue weighted by Gasteiger charge is 2.22. The molecule has 0 saturated carbocycles. The van der Waals surface area contributed by atoms with E-state index in [1.54, 1.807) is 20.0 Å². The van der Waals surface area contributed by atoms with Crippen molar-refractivity contribution in [2.24, 2.45) is 10.2 Å². The van der Waals surface area contributed by atoms with Crippen LogP contribution in [0.2, 0.25) is 5.02 Å².